The minimum absolute atomic E-state index is 0.179. The van der Waals surface area contributed by atoms with Gasteiger partial charge in [-0.1, -0.05) is 19.3 Å². The van der Waals surface area contributed by atoms with Crippen LogP contribution in [0.4, 0.5) is 22.0 Å². The fourth-order valence-electron chi connectivity index (χ4n) is 3.18. The summed E-state index contributed by atoms with van der Waals surface area (Å²) in [6.45, 7) is 0. The molecule has 3 N–H and O–H groups in total. The molecule has 1 aromatic heterocycles. The zero-order valence-corrected chi connectivity index (χ0v) is 15.7. The summed E-state index contributed by atoms with van der Waals surface area (Å²) in [6.07, 6.45) is 7.36. The number of hydrogen-bond acceptors (Lipinski definition) is 5. The molecule has 0 atom stereocenters. The van der Waals surface area contributed by atoms with Crippen LogP contribution in [0.15, 0.2) is 36.5 Å². The van der Waals surface area contributed by atoms with Crippen LogP contribution >= 0.6 is 0 Å². The molecule has 0 spiro atoms. The van der Waals surface area contributed by atoms with E-state index in [1.807, 2.05) is 18.2 Å². The van der Waals surface area contributed by atoms with E-state index in [1.165, 1.54) is 19.3 Å². The summed E-state index contributed by atoms with van der Waals surface area (Å²) < 4.78 is 10.6. The number of aromatic nitrogens is 1. The number of methoxy groups -OCH3 is 2. The Labute approximate surface area is 159 Å². The van der Waals surface area contributed by atoms with Crippen molar-refractivity contribution in [2.24, 2.45) is 0 Å². The molecule has 7 nitrogen and oxygen atoms in total. The fraction of sp³-hybridized carbons (Fsp3) is 0.400. The van der Waals surface area contributed by atoms with E-state index in [0.29, 0.717) is 23.0 Å². The first-order valence-electron chi connectivity index (χ1n) is 9.20. The molecule has 1 aromatic carbocycles. The van der Waals surface area contributed by atoms with E-state index in [2.05, 4.69) is 20.9 Å². The summed E-state index contributed by atoms with van der Waals surface area (Å²) in [5, 5.41) is 9.06. The molecule has 3 rings (SSSR count). The third kappa shape index (κ3) is 5.26. The van der Waals surface area contributed by atoms with E-state index in [-0.39, 0.29) is 12.1 Å². The number of hydrogen-bond donors (Lipinski definition) is 3. The largest absolute Gasteiger partial charge is 0.497 e. The molecule has 0 saturated heterocycles. The maximum atomic E-state index is 12.1. The number of anilines is 3. The van der Waals surface area contributed by atoms with E-state index in [0.717, 1.165) is 18.5 Å². The standard InChI is InChI=1S/C20H26N4O3/c1-26-16-9-10-17(18(12-16)27-2)24-19-11-8-15(13-21-19)23-20(25)22-14-6-4-3-5-7-14/h8-14H,3-7H2,1-2H3,(H,21,24)(H2,22,23,25). The molecule has 0 unspecified atom stereocenters. The van der Waals surface area contributed by atoms with Gasteiger partial charge in [0.2, 0.25) is 0 Å². The van der Waals surface area contributed by atoms with E-state index < -0.39 is 0 Å². The van der Waals surface area contributed by atoms with Gasteiger partial charge in [0, 0.05) is 12.1 Å². The van der Waals surface area contributed by atoms with Gasteiger partial charge in [-0.15, -0.1) is 0 Å². The van der Waals surface area contributed by atoms with Crippen LogP contribution in [0.25, 0.3) is 0 Å². The molecule has 27 heavy (non-hydrogen) atoms. The van der Waals surface area contributed by atoms with Gasteiger partial charge in [-0.25, -0.2) is 9.78 Å². The Bertz CT molecular complexity index is 758. The Morgan fingerprint density at radius 2 is 1.89 bits per heavy atom. The van der Waals surface area contributed by atoms with E-state index in [1.54, 1.807) is 32.5 Å². The van der Waals surface area contributed by atoms with Crippen molar-refractivity contribution in [3.8, 4) is 11.5 Å². The zero-order chi connectivity index (χ0) is 19.1. The maximum absolute atomic E-state index is 12.1. The molecule has 2 aromatic rings. The van der Waals surface area contributed by atoms with Crippen molar-refractivity contribution in [2.75, 3.05) is 24.9 Å². The number of urea groups is 1. The van der Waals surface area contributed by atoms with Gasteiger partial charge in [0.05, 0.1) is 31.8 Å². The number of amides is 2. The highest BCUT2D eigenvalue weighted by molar-refractivity contribution is 5.89. The van der Waals surface area contributed by atoms with Gasteiger partial charge < -0.3 is 25.4 Å². The quantitative estimate of drug-likeness (QED) is 0.706. The first-order valence-corrected chi connectivity index (χ1v) is 9.20. The molecular weight excluding hydrogens is 344 g/mol. The highest BCUT2D eigenvalue weighted by Gasteiger charge is 2.15. The summed E-state index contributed by atoms with van der Waals surface area (Å²) >= 11 is 0. The van der Waals surface area contributed by atoms with E-state index in [4.69, 9.17) is 9.47 Å². The number of carbonyl (C=O) groups excluding carboxylic acids is 1. The van der Waals surface area contributed by atoms with Crippen molar-refractivity contribution in [1.29, 1.82) is 0 Å². The lowest BCUT2D eigenvalue weighted by atomic mass is 9.96. The van der Waals surface area contributed by atoms with Crippen LogP contribution in [0.3, 0.4) is 0 Å². The normalized spacial score (nSPS) is 14.3. The Hall–Kier alpha value is -2.96. The van der Waals surface area contributed by atoms with Crippen molar-refractivity contribution in [3.63, 3.8) is 0 Å². The molecular formula is C20H26N4O3. The maximum Gasteiger partial charge on any atom is 0.319 e. The number of nitrogens with zero attached hydrogens (tertiary/aromatic N) is 1. The Kier molecular flexibility index (Phi) is 6.35. The Morgan fingerprint density at radius 1 is 1.07 bits per heavy atom. The minimum Gasteiger partial charge on any atom is -0.497 e. The van der Waals surface area contributed by atoms with Gasteiger partial charge in [0.15, 0.2) is 0 Å². The molecule has 1 heterocycles. The van der Waals surface area contributed by atoms with Crippen LogP contribution in [-0.2, 0) is 0 Å². The third-order valence-corrected chi connectivity index (χ3v) is 4.63. The second-order valence-electron chi connectivity index (χ2n) is 6.56. The highest BCUT2D eigenvalue weighted by Crippen LogP contribution is 2.31. The average molecular weight is 370 g/mol. The molecule has 1 saturated carbocycles. The van der Waals surface area contributed by atoms with Gasteiger partial charge in [0.25, 0.3) is 0 Å². The van der Waals surface area contributed by atoms with Crippen molar-refractivity contribution in [3.05, 3.63) is 36.5 Å². The second kappa shape index (κ2) is 9.12. The lowest BCUT2D eigenvalue weighted by molar-refractivity contribution is 0.244. The van der Waals surface area contributed by atoms with Crippen molar-refractivity contribution < 1.29 is 14.3 Å². The monoisotopic (exact) mass is 370 g/mol. The van der Waals surface area contributed by atoms with Gasteiger partial charge in [-0.05, 0) is 37.1 Å². The number of carbonyl (C=O) groups is 1. The van der Waals surface area contributed by atoms with Crippen LogP contribution in [0.1, 0.15) is 32.1 Å². The molecule has 1 fully saturated rings. The Morgan fingerprint density at radius 3 is 2.56 bits per heavy atom. The molecule has 0 bridgehead atoms. The molecule has 1 aliphatic rings. The summed E-state index contributed by atoms with van der Waals surface area (Å²) in [6, 6.07) is 9.22. The lowest BCUT2D eigenvalue weighted by Crippen LogP contribution is -2.39. The van der Waals surface area contributed by atoms with Crippen LogP contribution in [0.5, 0.6) is 11.5 Å². The lowest BCUT2D eigenvalue weighted by Gasteiger charge is -2.22. The topological polar surface area (TPSA) is 84.5 Å². The molecule has 0 aliphatic heterocycles. The van der Waals surface area contributed by atoms with Crippen LogP contribution in [0.2, 0.25) is 0 Å². The number of benzene rings is 1. The fourth-order valence-corrected chi connectivity index (χ4v) is 3.18. The number of ether oxygens (including phenoxy) is 2. The predicted octanol–water partition coefficient (Wildman–Crippen LogP) is 4.30. The summed E-state index contributed by atoms with van der Waals surface area (Å²) in [5.74, 6) is 2.02. The summed E-state index contributed by atoms with van der Waals surface area (Å²) in [7, 11) is 3.21. The van der Waals surface area contributed by atoms with Crippen molar-refractivity contribution in [1.82, 2.24) is 10.3 Å². The molecule has 2 amide bonds. The second-order valence-corrected chi connectivity index (χ2v) is 6.56. The molecule has 1 aliphatic carbocycles. The van der Waals surface area contributed by atoms with Crippen molar-refractivity contribution >= 4 is 23.2 Å². The smallest absolute Gasteiger partial charge is 0.319 e. The van der Waals surface area contributed by atoms with Gasteiger partial charge in [0.1, 0.15) is 17.3 Å². The number of nitrogens with one attached hydrogen (secondary N) is 3. The summed E-state index contributed by atoms with van der Waals surface area (Å²) in [5.41, 5.74) is 1.43. The van der Waals surface area contributed by atoms with Crippen LogP contribution < -0.4 is 25.4 Å². The van der Waals surface area contributed by atoms with Gasteiger partial charge in [-0.3, -0.25) is 0 Å². The van der Waals surface area contributed by atoms with Crippen LogP contribution in [-0.4, -0.2) is 31.3 Å². The SMILES string of the molecule is COc1ccc(Nc2ccc(NC(=O)NC3CCCCC3)cn2)c(OC)c1. The Balaban J connectivity index is 1.57. The van der Waals surface area contributed by atoms with Gasteiger partial charge in [-0.2, -0.15) is 0 Å². The number of rotatable bonds is 6. The first-order chi connectivity index (χ1) is 13.2. The first kappa shape index (κ1) is 18.8. The average Bonchev–Trinajstić information content (AvgIpc) is 2.70. The summed E-state index contributed by atoms with van der Waals surface area (Å²) in [4.78, 5) is 16.5. The van der Waals surface area contributed by atoms with E-state index in [9.17, 15) is 4.79 Å². The predicted molar refractivity (Wildman–Crippen MR) is 106 cm³/mol. The van der Waals surface area contributed by atoms with Gasteiger partial charge >= 0.3 is 6.03 Å². The third-order valence-electron chi connectivity index (χ3n) is 4.63. The molecule has 7 heteroatoms. The van der Waals surface area contributed by atoms with Crippen LogP contribution in [0, 0.1) is 0 Å². The zero-order valence-electron chi connectivity index (χ0n) is 15.7. The minimum atomic E-state index is -0.179. The van der Waals surface area contributed by atoms with Crippen molar-refractivity contribution in [2.45, 2.75) is 38.1 Å². The number of pyridine rings is 1. The molecule has 0 radical (unpaired) electrons. The van der Waals surface area contributed by atoms with E-state index >= 15 is 0 Å². The molecule has 144 valence electrons. The highest BCUT2D eigenvalue weighted by atomic mass is 16.5.